The largest absolute Gasteiger partial charge is 0.307 e. The molecule has 4 rings (SSSR count). The molecule has 1 aromatic carbocycles. The van der Waals surface area contributed by atoms with Crippen LogP contribution in [0.1, 0.15) is 28.2 Å². The van der Waals surface area contributed by atoms with E-state index in [-0.39, 0.29) is 5.91 Å². The monoisotopic (exact) mass is 325 g/mol. The SMILES string of the molecule is Cc1nc2ccc(Cl)cn2c1C(=O)N1CCCc2ccccc21. The molecule has 0 aliphatic carbocycles. The van der Waals surface area contributed by atoms with E-state index < -0.39 is 0 Å². The highest BCUT2D eigenvalue weighted by Crippen LogP contribution is 2.29. The molecule has 23 heavy (non-hydrogen) atoms. The lowest BCUT2D eigenvalue weighted by Crippen LogP contribution is -2.36. The number of pyridine rings is 1. The standard InChI is InChI=1S/C18H16ClN3O/c1-12-17(22-11-14(19)8-9-16(22)20-12)18(23)21-10-4-6-13-5-2-3-7-15(13)21/h2-3,5,7-9,11H,4,6,10H2,1H3. The van der Waals surface area contributed by atoms with Crippen molar-refractivity contribution in [1.82, 2.24) is 9.38 Å². The van der Waals surface area contributed by atoms with Crippen molar-refractivity contribution in [3.63, 3.8) is 0 Å². The molecule has 1 amide bonds. The third kappa shape index (κ3) is 2.30. The first-order chi connectivity index (χ1) is 11.1. The zero-order valence-electron chi connectivity index (χ0n) is 12.8. The van der Waals surface area contributed by atoms with Gasteiger partial charge in [-0.05, 0) is 43.5 Å². The Morgan fingerprint density at radius 1 is 1.22 bits per heavy atom. The van der Waals surface area contributed by atoms with Gasteiger partial charge in [0, 0.05) is 18.4 Å². The number of aromatic nitrogens is 2. The fourth-order valence-corrected chi connectivity index (χ4v) is 3.43. The molecule has 0 atom stereocenters. The highest BCUT2D eigenvalue weighted by molar-refractivity contribution is 6.30. The Kier molecular flexibility index (Phi) is 3.34. The molecule has 0 bridgehead atoms. The van der Waals surface area contributed by atoms with E-state index in [0.29, 0.717) is 10.7 Å². The number of anilines is 1. The number of imidazole rings is 1. The van der Waals surface area contributed by atoms with Crippen molar-refractivity contribution in [3.05, 3.63) is 64.6 Å². The van der Waals surface area contributed by atoms with Crippen LogP contribution in [0, 0.1) is 6.92 Å². The van der Waals surface area contributed by atoms with E-state index in [4.69, 9.17) is 11.6 Å². The van der Waals surface area contributed by atoms with Gasteiger partial charge in [-0.25, -0.2) is 4.98 Å². The van der Waals surface area contributed by atoms with E-state index in [9.17, 15) is 4.79 Å². The maximum absolute atomic E-state index is 13.2. The van der Waals surface area contributed by atoms with Crippen molar-refractivity contribution in [1.29, 1.82) is 0 Å². The Morgan fingerprint density at radius 3 is 2.91 bits per heavy atom. The van der Waals surface area contributed by atoms with E-state index in [1.165, 1.54) is 5.56 Å². The molecule has 3 aromatic rings. The zero-order valence-corrected chi connectivity index (χ0v) is 13.5. The summed E-state index contributed by atoms with van der Waals surface area (Å²) < 4.78 is 1.79. The van der Waals surface area contributed by atoms with Gasteiger partial charge in [-0.1, -0.05) is 29.8 Å². The van der Waals surface area contributed by atoms with E-state index in [1.54, 1.807) is 16.7 Å². The van der Waals surface area contributed by atoms with Crippen LogP contribution in [-0.2, 0) is 6.42 Å². The summed E-state index contributed by atoms with van der Waals surface area (Å²) in [5.41, 5.74) is 4.26. The van der Waals surface area contributed by atoms with Gasteiger partial charge in [0.15, 0.2) is 0 Å². The highest BCUT2D eigenvalue weighted by Gasteiger charge is 2.27. The predicted octanol–water partition coefficient (Wildman–Crippen LogP) is 3.89. The Hall–Kier alpha value is -2.33. The number of aryl methyl sites for hydroxylation is 2. The first-order valence-corrected chi connectivity index (χ1v) is 8.07. The number of para-hydroxylation sites is 1. The van der Waals surface area contributed by atoms with Crippen molar-refractivity contribution in [2.75, 3.05) is 11.4 Å². The Bertz CT molecular complexity index is 916. The van der Waals surface area contributed by atoms with Crippen molar-refractivity contribution in [2.45, 2.75) is 19.8 Å². The minimum atomic E-state index is -0.0237. The van der Waals surface area contributed by atoms with E-state index in [0.717, 1.165) is 36.4 Å². The lowest BCUT2D eigenvalue weighted by molar-refractivity contribution is 0.0979. The Morgan fingerprint density at radius 2 is 2.04 bits per heavy atom. The van der Waals surface area contributed by atoms with Gasteiger partial charge in [-0.3, -0.25) is 9.20 Å². The topological polar surface area (TPSA) is 37.6 Å². The van der Waals surface area contributed by atoms with E-state index in [2.05, 4.69) is 11.1 Å². The minimum absolute atomic E-state index is 0.0237. The quantitative estimate of drug-likeness (QED) is 0.680. The van der Waals surface area contributed by atoms with Crippen molar-refractivity contribution < 1.29 is 4.79 Å². The van der Waals surface area contributed by atoms with Crippen molar-refractivity contribution >= 4 is 28.8 Å². The van der Waals surface area contributed by atoms with Gasteiger partial charge in [0.25, 0.3) is 5.91 Å². The van der Waals surface area contributed by atoms with Gasteiger partial charge in [0.1, 0.15) is 11.3 Å². The molecule has 4 nitrogen and oxygen atoms in total. The van der Waals surface area contributed by atoms with Gasteiger partial charge in [0.05, 0.1) is 10.7 Å². The number of fused-ring (bicyclic) bond motifs is 2. The van der Waals surface area contributed by atoms with Crippen LogP contribution in [-0.4, -0.2) is 21.8 Å². The summed E-state index contributed by atoms with van der Waals surface area (Å²) in [6.07, 6.45) is 3.73. The number of hydrogen-bond acceptors (Lipinski definition) is 2. The lowest BCUT2D eigenvalue weighted by Gasteiger charge is -2.29. The normalized spacial score (nSPS) is 14.1. The third-order valence-electron chi connectivity index (χ3n) is 4.31. The van der Waals surface area contributed by atoms with Gasteiger partial charge < -0.3 is 4.90 Å². The molecule has 3 heterocycles. The molecule has 0 saturated carbocycles. The Balaban J connectivity index is 1.85. The molecule has 5 heteroatoms. The number of carbonyl (C=O) groups excluding carboxylic acids is 1. The van der Waals surface area contributed by atoms with Crippen LogP contribution in [0.25, 0.3) is 5.65 Å². The summed E-state index contributed by atoms with van der Waals surface area (Å²) in [6, 6.07) is 11.7. The van der Waals surface area contributed by atoms with Gasteiger partial charge in [0.2, 0.25) is 0 Å². The molecule has 116 valence electrons. The van der Waals surface area contributed by atoms with E-state index in [1.807, 2.05) is 36.1 Å². The molecule has 0 radical (unpaired) electrons. The summed E-state index contributed by atoms with van der Waals surface area (Å²) >= 11 is 6.10. The summed E-state index contributed by atoms with van der Waals surface area (Å²) in [5, 5.41) is 0.586. The summed E-state index contributed by atoms with van der Waals surface area (Å²) in [5.74, 6) is -0.0237. The second-order valence-electron chi connectivity index (χ2n) is 5.81. The molecule has 0 saturated heterocycles. The summed E-state index contributed by atoms with van der Waals surface area (Å²) in [6.45, 7) is 2.59. The number of carbonyl (C=O) groups is 1. The average molecular weight is 326 g/mol. The molecule has 2 aromatic heterocycles. The maximum Gasteiger partial charge on any atom is 0.277 e. The van der Waals surface area contributed by atoms with Crippen LogP contribution in [0.15, 0.2) is 42.6 Å². The van der Waals surface area contributed by atoms with Crippen molar-refractivity contribution in [2.24, 2.45) is 0 Å². The molecule has 0 spiro atoms. The number of nitrogens with zero attached hydrogens (tertiary/aromatic N) is 3. The van der Waals surface area contributed by atoms with E-state index >= 15 is 0 Å². The van der Waals surface area contributed by atoms with Crippen molar-refractivity contribution in [3.8, 4) is 0 Å². The predicted molar refractivity (Wildman–Crippen MR) is 91.4 cm³/mol. The fourth-order valence-electron chi connectivity index (χ4n) is 3.27. The maximum atomic E-state index is 13.2. The molecule has 0 N–H and O–H groups in total. The molecular formula is C18H16ClN3O. The number of rotatable bonds is 1. The van der Waals surface area contributed by atoms with Crippen LogP contribution in [0.3, 0.4) is 0 Å². The van der Waals surface area contributed by atoms with Crippen LogP contribution >= 0.6 is 11.6 Å². The number of amides is 1. The molecule has 0 fully saturated rings. The highest BCUT2D eigenvalue weighted by atomic mass is 35.5. The van der Waals surface area contributed by atoms with Crippen LogP contribution in [0.5, 0.6) is 0 Å². The van der Waals surface area contributed by atoms with Crippen LogP contribution in [0.2, 0.25) is 5.02 Å². The summed E-state index contributed by atoms with van der Waals surface area (Å²) in [7, 11) is 0. The zero-order chi connectivity index (χ0) is 16.0. The molecule has 1 aliphatic heterocycles. The third-order valence-corrected chi connectivity index (χ3v) is 4.54. The number of benzene rings is 1. The van der Waals surface area contributed by atoms with Crippen LogP contribution < -0.4 is 4.90 Å². The smallest absolute Gasteiger partial charge is 0.277 e. The average Bonchev–Trinajstić information content (AvgIpc) is 2.89. The van der Waals surface area contributed by atoms with Crippen LogP contribution in [0.4, 0.5) is 5.69 Å². The summed E-state index contributed by atoms with van der Waals surface area (Å²) in [4.78, 5) is 19.5. The van der Waals surface area contributed by atoms with Gasteiger partial charge in [-0.15, -0.1) is 0 Å². The second kappa shape index (κ2) is 5.39. The minimum Gasteiger partial charge on any atom is -0.307 e. The second-order valence-corrected chi connectivity index (χ2v) is 6.25. The van der Waals surface area contributed by atoms with Gasteiger partial charge >= 0.3 is 0 Å². The first-order valence-electron chi connectivity index (χ1n) is 7.69. The number of halogens is 1. The lowest BCUT2D eigenvalue weighted by atomic mass is 10.0. The molecule has 0 unspecified atom stereocenters. The molecular weight excluding hydrogens is 310 g/mol. The first kappa shape index (κ1) is 14.3. The Labute approximate surface area is 139 Å². The van der Waals surface area contributed by atoms with Gasteiger partial charge in [-0.2, -0.15) is 0 Å². The molecule has 1 aliphatic rings. The number of hydrogen-bond donors (Lipinski definition) is 0. The fraction of sp³-hybridized carbons (Fsp3) is 0.222.